The fourth-order valence-electron chi connectivity index (χ4n) is 4.12. The lowest BCUT2D eigenvalue weighted by atomic mass is 10.2. The first-order chi connectivity index (χ1) is 13.7. The molecule has 152 valence electrons. The number of rotatable bonds is 6. The molecule has 7 heteroatoms. The van der Waals surface area contributed by atoms with E-state index in [9.17, 15) is 9.59 Å². The van der Waals surface area contributed by atoms with Gasteiger partial charge in [-0.25, -0.2) is 0 Å². The number of aromatic nitrogens is 1. The molecule has 2 saturated heterocycles. The van der Waals surface area contributed by atoms with Gasteiger partial charge in [-0.1, -0.05) is 12.8 Å². The van der Waals surface area contributed by atoms with Gasteiger partial charge in [-0.3, -0.25) is 19.5 Å². The van der Waals surface area contributed by atoms with E-state index in [1.165, 1.54) is 12.8 Å². The molecule has 0 radical (unpaired) electrons. The lowest BCUT2D eigenvalue weighted by molar-refractivity contribution is -0.139. The lowest BCUT2D eigenvalue weighted by Crippen LogP contribution is -2.49. The maximum atomic E-state index is 13.1. The van der Waals surface area contributed by atoms with Crippen molar-refractivity contribution in [3.05, 3.63) is 24.5 Å². The molecular formula is C21H30N4O3. The number of hydrogen-bond donors (Lipinski definition) is 1. The van der Waals surface area contributed by atoms with Gasteiger partial charge in [0.2, 0.25) is 11.8 Å². The topological polar surface area (TPSA) is 74.8 Å². The summed E-state index contributed by atoms with van der Waals surface area (Å²) in [6.45, 7) is 2.78. The molecule has 0 spiro atoms. The Balaban J connectivity index is 1.41. The van der Waals surface area contributed by atoms with Crippen LogP contribution < -0.4 is 10.1 Å². The largest absolute Gasteiger partial charge is 0.487 e. The van der Waals surface area contributed by atoms with E-state index in [4.69, 9.17) is 4.74 Å². The minimum absolute atomic E-state index is 0.0372. The van der Waals surface area contributed by atoms with E-state index in [2.05, 4.69) is 15.2 Å². The Morgan fingerprint density at radius 2 is 1.96 bits per heavy atom. The van der Waals surface area contributed by atoms with Crippen LogP contribution in [0.25, 0.3) is 0 Å². The number of amides is 2. The van der Waals surface area contributed by atoms with Gasteiger partial charge < -0.3 is 15.0 Å². The van der Waals surface area contributed by atoms with Gasteiger partial charge in [0.05, 0.1) is 19.3 Å². The molecule has 1 aromatic rings. The molecule has 0 unspecified atom stereocenters. The van der Waals surface area contributed by atoms with Crippen molar-refractivity contribution < 1.29 is 14.3 Å². The average Bonchev–Trinajstić information content (AvgIpc) is 3.46. The number of carbonyl (C=O) groups excluding carboxylic acids is 2. The Bertz CT molecular complexity index is 671. The summed E-state index contributed by atoms with van der Waals surface area (Å²) in [6, 6.07) is 3.52. The van der Waals surface area contributed by atoms with Gasteiger partial charge in [0.25, 0.3) is 0 Å². The van der Waals surface area contributed by atoms with Crippen LogP contribution in [-0.2, 0) is 9.59 Å². The molecule has 4 rings (SSSR count). The number of likely N-dealkylation sites (tertiary alicyclic amines) is 2. The fourth-order valence-corrected chi connectivity index (χ4v) is 4.12. The van der Waals surface area contributed by atoms with Crippen LogP contribution in [0.3, 0.4) is 0 Å². The van der Waals surface area contributed by atoms with Crippen LogP contribution in [0.2, 0.25) is 0 Å². The lowest BCUT2D eigenvalue weighted by Gasteiger charge is -2.27. The van der Waals surface area contributed by atoms with Crippen LogP contribution in [0.1, 0.15) is 44.9 Å². The van der Waals surface area contributed by atoms with Gasteiger partial charge in [-0.15, -0.1) is 0 Å². The molecule has 1 aliphatic carbocycles. The van der Waals surface area contributed by atoms with Crippen LogP contribution in [0.15, 0.2) is 24.5 Å². The summed E-state index contributed by atoms with van der Waals surface area (Å²) in [5.41, 5.74) is 0. The molecule has 2 aliphatic heterocycles. The van der Waals surface area contributed by atoms with Crippen LogP contribution in [0.4, 0.5) is 0 Å². The molecule has 0 aromatic carbocycles. The standard InChI is InChI=1S/C21H30N4O3/c26-20(15-24-10-3-1-2-4-11-24)25-14-18(28-17-6-5-9-22-13-17)12-19(25)21(27)23-16-7-8-16/h5-6,9,13,16,18-19H,1-4,7-8,10-12,14-15H2,(H,23,27)/t18-,19-/m0/s1. The first-order valence-electron chi connectivity index (χ1n) is 10.6. The summed E-state index contributed by atoms with van der Waals surface area (Å²) >= 11 is 0. The van der Waals surface area contributed by atoms with Crippen molar-refractivity contribution in [1.82, 2.24) is 20.1 Å². The van der Waals surface area contributed by atoms with E-state index < -0.39 is 6.04 Å². The zero-order valence-electron chi connectivity index (χ0n) is 16.4. The average molecular weight is 386 g/mol. The number of hydrogen-bond acceptors (Lipinski definition) is 5. The summed E-state index contributed by atoms with van der Waals surface area (Å²) in [6.07, 6.45) is 10.5. The number of carbonyl (C=O) groups is 2. The summed E-state index contributed by atoms with van der Waals surface area (Å²) < 4.78 is 6.02. The van der Waals surface area contributed by atoms with Crippen molar-refractivity contribution in [2.75, 3.05) is 26.2 Å². The first kappa shape index (κ1) is 19.2. The quantitative estimate of drug-likeness (QED) is 0.804. The summed E-state index contributed by atoms with van der Waals surface area (Å²) in [5, 5.41) is 3.06. The predicted octanol–water partition coefficient (Wildman–Crippen LogP) is 1.58. The van der Waals surface area contributed by atoms with Crippen molar-refractivity contribution >= 4 is 11.8 Å². The normalized spacial score (nSPS) is 25.9. The monoisotopic (exact) mass is 386 g/mol. The van der Waals surface area contributed by atoms with Crippen molar-refractivity contribution in [3.63, 3.8) is 0 Å². The highest BCUT2D eigenvalue weighted by molar-refractivity contribution is 5.89. The Morgan fingerprint density at radius 1 is 1.18 bits per heavy atom. The molecule has 3 aliphatic rings. The summed E-state index contributed by atoms with van der Waals surface area (Å²) in [7, 11) is 0. The van der Waals surface area contributed by atoms with Gasteiger partial charge in [-0.05, 0) is 50.9 Å². The highest BCUT2D eigenvalue weighted by Gasteiger charge is 2.42. The Kier molecular flexibility index (Phi) is 6.10. The zero-order chi connectivity index (χ0) is 19.3. The molecular weight excluding hydrogens is 356 g/mol. The molecule has 3 heterocycles. The Labute approximate surface area is 166 Å². The molecule has 2 atom stereocenters. The third kappa shape index (κ3) is 5.01. The Hall–Kier alpha value is -2.15. The second-order valence-corrected chi connectivity index (χ2v) is 8.20. The first-order valence-corrected chi connectivity index (χ1v) is 10.6. The van der Waals surface area contributed by atoms with Gasteiger partial charge >= 0.3 is 0 Å². The maximum Gasteiger partial charge on any atom is 0.243 e. The van der Waals surface area contributed by atoms with Crippen LogP contribution >= 0.6 is 0 Å². The van der Waals surface area contributed by atoms with Gasteiger partial charge in [0, 0.05) is 18.7 Å². The summed E-state index contributed by atoms with van der Waals surface area (Å²) in [5.74, 6) is 0.676. The molecule has 3 fully saturated rings. The fraction of sp³-hybridized carbons (Fsp3) is 0.667. The zero-order valence-corrected chi connectivity index (χ0v) is 16.4. The van der Waals surface area contributed by atoms with Crippen LogP contribution in [0.5, 0.6) is 5.75 Å². The minimum atomic E-state index is -0.443. The van der Waals surface area contributed by atoms with Gasteiger partial charge in [-0.2, -0.15) is 0 Å². The van der Waals surface area contributed by atoms with Gasteiger partial charge in [0.15, 0.2) is 0 Å². The number of nitrogens with zero attached hydrogens (tertiary/aromatic N) is 3. The highest BCUT2D eigenvalue weighted by atomic mass is 16.5. The van der Waals surface area contributed by atoms with E-state index in [0.29, 0.717) is 25.3 Å². The molecule has 1 aromatic heterocycles. The van der Waals surface area contributed by atoms with E-state index in [1.54, 1.807) is 17.3 Å². The third-order valence-corrected chi connectivity index (χ3v) is 5.80. The van der Waals surface area contributed by atoms with E-state index in [0.717, 1.165) is 38.8 Å². The maximum absolute atomic E-state index is 13.1. The molecule has 7 nitrogen and oxygen atoms in total. The second kappa shape index (κ2) is 8.90. The van der Waals surface area contributed by atoms with Crippen molar-refractivity contribution in [3.8, 4) is 5.75 Å². The molecule has 0 bridgehead atoms. The SMILES string of the molecule is O=C(NC1CC1)[C@@H]1C[C@H](Oc2cccnc2)CN1C(=O)CN1CCCCCC1. The van der Waals surface area contributed by atoms with Crippen LogP contribution in [0, 0.1) is 0 Å². The highest BCUT2D eigenvalue weighted by Crippen LogP contribution is 2.25. The predicted molar refractivity (Wildman–Crippen MR) is 105 cm³/mol. The van der Waals surface area contributed by atoms with Crippen molar-refractivity contribution in [2.45, 2.75) is 63.1 Å². The number of nitrogens with one attached hydrogen (secondary N) is 1. The second-order valence-electron chi connectivity index (χ2n) is 8.20. The van der Waals surface area contributed by atoms with Gasteiger partial charge in [0.1, 0.15) is 17.9 Å². The number of ether oxygens (including phenoxy) is 1. The van der Waals surface area contributed by atoms with E-state index in [1.807, 2.05) is 12.1 Å². The van der Waals surface area contributed by atoms with Crippen LogP contribution in [-0.4, -0.2) is 71.0 Å². The molecule has 2 amide bonds. The third-order valence-electron chi connectivity index (χ3n) is 5.80. The van der Waals surface area contributed by atoms with Crippen molar-refractivity contribution in [1.29, 1.82) is 0 Å². The minimum Gasteiger partial charge on any atom is -0.487 e. The smallest absolute Gasteiger partial charge is 0.243 e. The molecule has 1 N–H and O–H groups in total. The molecule has 28 heavy (non-hydrogen) atoms. The summed E-state index contributed by atoms with van der Waals surface area (Å²) in [4.78, 5) is 33.9. The number of pyridine rings is 1. The molecule has 1 saturated carbocycles. The van der Waals surface area contributed by atoms with E-state index in [-0.39, 0.29) is 24.0 Å². The Morgan fingerprint density at radius 3 is 2.64 bits per heavy atom. The van der Waals surface area contributed by atoms with E-state index >= 15 is 0 Å². The van der Waals surface area contributed by atoms with Crippen molar-refractivity contribution in [2.24, 2.45) is 0 Å².